The van der Waals surface area contributed by atoms with Gasteiger partial charge in [-0.05, 0) is 183 Å². The zero-order chi connectivity index (χ0) is 77.7. The Labute approximate surface area is 626 Å². The van der Waals surface area contributed by atoms with E-state index in [0.717, 1.165) is 162 Å². The highest BCUT2D eigenvalue weighted by atomic mass is 16.7. The first-order valence-corrected chi connectivity index (χ1v) is 39.7. The van der Waals surface area contributed by atoms with Crippen LogP contribution in [-0.4, -0.2) is 265 Å². The van der Waals surface area contributed by atoms with Gasteiger partial charge in [-0.1, -0.05) is 68.2 Å². The van der Waals surface area contributed by atoms with Crippen molar-refractivity contribution >= 4 is 24.1 Å². The monoisotopic (exact) mass is 1500 g/mol. The van der Waals surface area contributed by atoms with Gasteiger partial charge < -0.3 is 107 Å². The maximum Gasteiger partial charge on any atom is 0.407 e. The number of rotatable bonds is 8. The fourth-order valence-corrected chi connectivity index (χ4v) is 11.4. The smallest absolute Gasteiger partial charge is 0.407 e. The summed E-state index contributed by atoms with van der Waals surface area (Å²) in [7, 11) is 0. The SMILES string of the molecule is CC1CCC(=O)O1.CCC1CCC(O)CC1.CCC1CCCCO1.CCC1CCOCC1.CCN1CCOCC1.CC[C@@H]1COC(C)(C)O1.CC[C@@H]1COCCO1.CC[C@H]1COC(C)(C)O1.CC[C@H]1COCCO1.C[C@@H]1COC(=O)N1.C[C@H]1CCC(=O)O1.C[C@H]1COC(=O)N1.C[C@H]1O[C@H](O)[C@H](O)[C@@H]1O. The third kappa shape index (κ3) is 50.5. The highest BCUT2D eigenvalue weighted by molar-refractivity contribution is 5.71. The highest BCUT2D eigenvalue weighted by Gasteiger charge is 2.39. The molecule has 0 bridgehead atoms. The van der Waals surface area contributed by atoms with Crippen LogP contribution >= 0.6 is 0 Å². The summed E-state index contributed by atoms with van der Waals surface area (Å²) in [4.78, 5) is 43.1. The van der Waals surface area contributed by atoms with E-state index in [-0.39, 0.29) is 66.1 Å². The summed E-state index contributed by atoms with van der Waals surface area (Å²) in [6.45, 7) is 49.8. The molecular formula is C77H149N3O24. The number of alkyl carbamates (subject to hydrolysis) is 2. The van der Waals surface area contributed by atoms with Crippen LogP contribution in [0.15, 0.2) is 0 Å². The van der Waals surface area contributed by atoms with E-state index < -0.39 is 24.6 Å². The molecule has 6 N–H and O–H groups in total. The molecule has 0 aromatic carbocycles. The number of hydrogen-bond acceptors (Lipinski definition) is 25. The molecular weight excluding hydrogens is 1350 g/mol. The second-order valence-electron chi connectivity index (χ2n) is 28.8. The Kier molecular flexibility index (Phi) is 56.7. The number of hydrogen-bond donors (Lipinski definition) is 6. The molecule has 616 valence electrons. The van der Waals surface area contributed by atoms with E-state index in [9.17, 15) is 19.2 Å². The normalized spacial score (nSPS) is 32.1. The van der Waals surface area contributed by atoms with Gasteiger partial charge in [0.1, 0.15) is 25.4 Å². The number of nitrogens with one attached hydrogen (secondary N) is 2. The van der Waals surface area contributed by atoms with Crippen molar-refractivity contribution in [2.75, 3.05) is 119 Å². The van der Waals surface area contributed by atoms with Gasteiger partial charge in [-0.25, -0.2) is 9.59 Å². The quantitative estimate of drug-likeness (QED) is 0.0971. The van der Waals surface area contributed by atoms with Gasteiger partial charge in [-0.2, -0.15) is 0 Å². The molecule has 13 aliphatic rings. The minimum Gasteiger partial charge on any atom is -0.463 e. The van der Waals surface area contributed by atoms with E-state index in [1.165, 1.54) is 70.8 Å². The lowest BCUT2D eigenvalue weighted by atomic mass is 9.86. The minimum atomic E-state index is -1.23. The van der Waals surface area contributed by atoms with Crippen molar-refractivity contribution in [1.29, 1.82) is 0 Å². The van der Waals surface area contributed by atoms with Gasteiger partial charge in [0.05, 0.1) is 133 Å². The molecule has 0 spiro atoms. The number of likely N-dealkylation sites (N-methyl/N-ethyl adjacent to an activating group) is 1. The Morgan fingerprint density at radius 1 is 0.423 bits per heavy atom. The number of esters is 2. The number of aliphatic hydroxyl groups excluding tert-OH is 4. The van der Waals surface area contributed by atoms with Crippen LogP contribution in [0.1, 0.15) is 246 Å². The summed E-state index contributed by atoms with van der Waals surface area (Å²) in [5, 5.41) is 40.7. The lowest BCUT2D eigenvalue weighted by molar-refractivity contribution is -0.141. The molecule has 1 aliphatic carbocycles. The molecule has 12 saturated heterocycles. The molecule has 2 amide bonds. The standard InChI is InChI=1S/C8H16O.2C7H14O2.2C7H14O.C6H13NO.2C6H12O2.C5H10O4.2C5H8O2.2C4H7NO2/c1-2-7-3-5-8(9)6-4-7;2*1-4-6-5-8-7(2,3)9-6;1-2-7-3-5-8-6-4-7;1-2-7-5-3-4-6-8-7;1-2-7-3-5-8-6-4-7;2*1-2-6-5-7-3-4-8-6;1-2-3(6)4(7)5(8)9-2;2*1-4-2-3-5(6)7-4;2*1-3-2-7-4(6)5-3/h7-9H,2-6H2,1H3;2*6H,4-5H2,1-3H3;2*7H,2-6H2,1H3;2-6H2,1H3;2*6H,2-5H2,1H3;2-8H,1H3;2*4H,2-3H2,1H3;2*3H,2H2,1H3,(H,5,6)/t;2*6-;;;;2*6-;2-,3-,4-,5+;4-;;2*3-/m.10...1010.10/s1. The van der Waals surface area contributed by atoms with E-state index in [4.69, 9.17) is 82.0 Å². The molecule has 2 unspecified atom stereocenters. The Bertz CT molecular complexity index is 1850. The molecule has 12 aliphatic heterocycles. The van der Waals surface area contributed by atoms with Gasteiger partial charge in [0.15, 0.2) is 17.9 Å². The maximum atomic E-state index is 10.2. The number of nitrogens with zero attached hydrogens (tertiary/aromatic N) is 1. The van der Waals surface area contributed by atoms with E-state index in [1.54, 1.807) is 6.92 Å². The summed E-state index contributed by atoms with van der Waals surface area (Å²) < 4.78 is 81.4. The second kappa shape index (κ2) is 59.6. The van der Waals surface area contributed by atoms with E-state index in [2.05, 4.69) is 85.1 Å². The summed E-state index contributed by atoms with van der Waals surface area (Å²) in [6.07, 6.45) is 20.1. The fourth-order valence-electron chi connectivity index (χ4n) is 11.4. The van der Waals surface area contributed by atoms with Gasteiger partial charge in [0.2, 0.25) is 0 Å². The van der Waals surface area contributed by atoms with Crippen molar-refractivity contribution in [3.8, 4) is 0 Å². The van der Waals surface area contributed by atoms with Crippen molar-refractivity contribution < 1.29 is 115 Å². The fraction of sp³-hybridized carbons (Fsp3) is 0.948. The average Bonchev–Trinajstić information content (AvgIpc) is 1.74. The van der Waals surface area contributed by atoms with Gasteiger partial charge in [-0.3, -0.25) is 14.5 Å². The molecule has 1 saturated carbocycles. The first kappa shape index (κ1) is 98.8. The molecule has 104 heavy (non-hydrogen) atoms. The predicted molar refractivity (Wildman–Crippen MR) is 397 cm³/mol. The van der Waals surface area contributed by atoms with Crippen molar-refractivity contribution in [1.82, 2.24) is 15.5 Å². The number of amides is 2. The lowest BCUT2D eigenvalue weighted by Crippen LogP contribution is -2.35. The lowest BCUT2D eigenvalue weighted by Gasteiger charge is -2.24. The average molecular weight is 1500 g/mol. The van der Waals surface area contributed by atoms with Crippen LogP contribution in [0.4, 0.5) is 9.59 Å². The number of aliphatic hydroxyl groups is 4. The molecule has 12 heterocycles. The van der Waals surface area contributed by atoms with Gasteiger partial charge in [0.25, 0.3) is 0 Å². The molecule has 27 nitrogen and oxygen atoms in total. The van der Waals surface area contributed by atoms with E-state index in [1.807, 2.05) is 55.4 Å². The molecule has 13 fully saturated rings. The number of cyclic esters (lactones) is 4. The summed E-state index contributed by atoms with van der Waals surface area (Å²) in [5.74, 6) is 1.11. The Hall–Kier alpha value is -3.20. The van der Waals surface area contributed by atoms with Gasteiger partial charge in [-0.15, -0.1) is 0 Å². The Morgan fingerprint density at radius 2 is 0.846 bits per heavy atom. The van der Waals surface area contributed by atoms with Crippen LogP contribution in [0.25, 0.3) is 0 Å². The number of carbonyl (C=O) groups is 4. The predicted octanol–water partition coefficient (Wildman–Crippen LogP) is 10.9. The van der Waals surface area contributed by atoms with Crippen molar-refractivity contribution in [2.24, 2.45) is 11.8 Å². The number of morpholine rings is 1. The zero-order valence-electron chi connectivity index (χ0n) is 67.5. The van der Waals surface area contributed by atoms with E-state index in [0.29, 0.717) is 56.6 Å². The van der Waals surface area contributed by atoms with Crippen molar-refractivity contribution in [2.45, 2.75) is 343 Å². The van der Waals surface area contributed by atoms with E-state index >= 15 is 0 Å². The Morgan fingerprint density at radius 3 is 1.05 bits per heavy atom. The van der Waals surface area contributed by atoms with Crippen LogP contribution < -0.4 is 10.6 Å². The largest absolute Gasteiger partial charge is 0.463 e. The molecule has 0 aromatic rings. The third-order valence-electron chi connectivity index (χ3n) is 18.6. The topological polar surface area (TPSA) is 324 Å². The van der Waals surface area contributed by atoms with Gasteiger partial charge in [0, 0.05) is 45.8 Å². The minimum absolute atomic E-state index is 0.0211. The molecule has 0 radical (unpaired) electrons. The van der Waals surface area contributed by atoms with Crippen LogP contribution in [-0.2, 0) is 85.4 Å². The molecule has 13 rings (SSSR count). The second-order valence-corrected chi connectivity index (χ2v) is 28.8. The van der Waals surface area contributed by atoms with Crippen molar-refractivity contribution in [3.63, 3.8) is 0 Å². The number of ether oxygens (including phenoxy) is 16. The summed E-state index contributed by atoms with van der Waals surface area (Å²) in [6, 6.07) is 0.403. The van der Waals surface area contributed by atoms with Crippen LogP contribution in [0.3, 0.4) is 0 Å². The Balaban J connectivity index is 0.000000564. The van der Waals surface area contributed by atoms with Crippen LogP contribution in [0, 0.1) is 11.8 Å². The number of carbonyl (C=O) groups excluding carboxylic acids is 4. The maximum absolute atomic E-state index is 10.2. The highest BCUT2D eigenvalue weighted by Crippen LogP contribution is 2.27. The summed E-state index contributed by atoms with van der Waals surface area (Å²) >= 11 is 0. The first-order valence-electron chi connectivity index (χ1n) is 39.7. The molecule has 13 atom stereocenters. The van der Waals surface area contributed by atoms with Crippen LogP contribution in [0.2, 0.25) is 0 Å². The van der Waals surface area contributed by atoms with Crippen LogP contribution in [0.5, 0.6) is 0 Å². The third-order valence-corrected chi connectivity index (χ3v) is 18.6. The molecule has 0 aromatic heterocycles. The first-order chi connectivity index (χ1) is 49.5. The van der Waals surface area contributed by atoms with Gasteiger partial charge >= 0.3 is 24.1 Å². The summed E-state index contributed by atoms with van der Waals surface area (Å²) in [5.41, 5.74) is 0. The zero-order valence-corrected chi connectivity index (χ0v) is 67.5. The molecule has 27 heteroatoms. The van der Waals surface area contributed by atoms with Crippen molar-refractivity contribution in [3.05, 3.63) is 0 Å².